The maximum atomic E-state index is 12.3. The molecule has 2 N–H and O–H groups in total. The second kappa shape index (κ2) is 6.10. The van der Waals surface area contributed by atoms with Gasteiger partial charge in [0.2, 0.25) is 0 Å². The highest BCUT2D eigenvalue weighted by atomic mass is 35.5. The van der Waals surface area contributed by atoms with Crippen molar-refractivity contribution >= 4 is 23.2 Å². The molecule has 0 saturated carbocycles. The zero-order chi connectivity index (χ0) is 13.9. The lowest BCUT2D eigenvalue weighted by atomic mass is 10.0. The van der Waals surface area contributed by atoms with Crippen molar-refractivity contribution in [1.82, 2.24) is 4.90 Å². The summed E-state index contributed by atoms with van der Waals surface area (Å²) in [6.45, 7) is 6.33. The van der Waals surface area contributed by atoms with E-state index >= 15 is 0 Å². The van der Waals surface area contributed by atoms with Gasteiger partial charge in [0, 0.05) is 23.8 Å². The fourth-order valence-electron chi connectivity index (χ4n) is 1.96. The summed E-state index contributed by atoms with van der Waals surface area (Å²) in [6.07, 6.45) is 0.968. The lowest BCUT2D eigenvalue weighted by molar-refractivity contribution is 0.0729. The lowest BCUT2D eigenvalue weighted by Crippen LogP contribution is -2.36. The topological polar surface area (TPSA) is 46.3 Å². The van der Waals surface area contributed by atoms with E-state index in [9.17, 15) is 4.79 Å². The van der Waals surface area contributed by atoms with Gasteiger partial charge in [0.25, 0.3) is 5.91 Å². The molecule has 1 aromatic rings. The normalized spacial score (nSPS) is 12.6. The van der Waals surface area contributed by atoms with Crippen LogP contribution in [0.3, 0.4) is 0 Å². The van der Waals surface area contributed by atoms with Crippen molar-refractivity contribution in [2.45, 2.75) is 33.2 Å². The van der Waals surface area contributed by atoms with Gasteiger partial charge in [-0.2, -0.15) is 0 Å². The molecule has 3 nitrogen and oxygen atoms in total. The summed E-state index contributed by atoms with van der Waals surface area (Å²) >= 11 is 5.83. The minimum Gasteiger partial charge on any atom is -0.398 e. The van der Waals surface area contributed by atoms with Crippen molar-refractivity contribution in [3.63, 3.8) is 0 Å². The molecule has 1 amide bonds. The summed E-state index contributed by atoms with van der Waals surface area (Å²) in [5.41, 5.74) is 6.77. The molecule has 0 fully saturated rings. The van der Waals surface area contributed by atoms with E-state index in [-0.39, 0.29) is 11.9 Å². The van der Waals surface area contributed by atoms with E-state index in [0.717, 1.165) is 6.42 Å². The maximum Gasteiger partial charge on any atom is 0.255 e. The van der Waals surface area contributed by atoms with Gasteiger partial charge in [-0.05, 0) is 37.5 Å². The number of carbonyl (C=O) groups excluding carboxylic acids is 1. The Bertz CT molecular complexity index is 432. The number of rotatable bonds is 4. The van der Waals surface area contributed by atoms with Gasteiger partial charge in [-0.3, -0.25) is 4.79 Å². The highest BCUT2D eigenvalue weighted by molar-refractivity contribution is 6.31. The molecule has 0 aliphatic carbocycles. The summed E-state index contributed by atoms with van der Waals surface area (Å²) in [6, 6.07) is 5.16. The van der Waals surface area contributed by atoms with Crippen LogP contribution in [0, 0.1) is 5.92 Å². The molecule has 0 aliphatic heterocycles. The summed E-state index contributed by atoms with van der Waals surface area (Å²) in [5.74, 6) is 0.495. The molecule has 100 valence electrons. The smallest absolute Gasteiger partial charge is 0.255 e. The first-order valence-corrected chi connectivity index (χ1v) is 6.53. The molecular weight excluding hydrogens is 248 g/mol. The van der Waals surface area contributed by atoms with Crippen molar-refractivity contribution in [3.05, 3.63) is 28.8 Å². The van der Waals surface area contributed by atoms with E-state index in [1.807, 2.05) is 14.0 Å². The number of hydrogen-bond donors (Lipinski definition) is 1. The number of nitrogen functional groups attached to an aromatic ring is 1. The molecular formula is C14H21ClN2O. The van der Waals surface area contributed by atoms with Gasteiger partial charge in [0.05, 0.1) is 5.56 Å². The zero-order valence-corrected chi connectivity index (χ0v) is 12.2. The fraction of sp³-hybridized carbons (Fsp3) is 0.500. The summed E-state index contributed by atoms with van der Waals surface area (Å²) in [5, 5.41) is 0.543. The second-order valence-corrected chi connectivity index (χ2v) is 5.56. The van der Waals surface area contributed by atoms with Crippen molar-refractivity contribution in [3.8, 4) is 0 Å². The third-order valence-electron chi connectivity index (χ3n) is 3.04. The molecule has 0 saturated heterocycles. The Hall–Kier alpha value is -1.22. The first kappa shape index (κ1) is 14.8. The highest BCUT2D eigenvalue weighted by Crippen LogP contribution is 2.21. The van der Waals surface area contributed by atoms with Crippen LogP contribution in [-0.2, 0) is 0 Å². The zero-order valence-electron chi connectivity index (χ0n) is 11.4. The molecule has 0 aromatic heterocycles. The van der Waals surface area contributed by atoms with E-state index in [0.29, 0.717) is 22.2 Å². The van der Waals surface area contributed by atoms with Crippen LogP contribution in [0.15, 0.2) is 18.2 Å². The average molecular weight is 269 g/mol. The Morgan fingerprint density at radius 3 is 2.50 bits per heavy atom. The summed E-state index contributed by atoms with van der Waals surface area (Å²) < 4.78 is 0. The van der Waals surface area contributed by atoms with Crippen LogP contribution in [0.25, 0.3) is 0 Å². The number of nitrogens with two attached hydrogens (primary N) is 1. The van der Waals surface area contributed by atoms with Crippen LogP contribution < -0.4 is 5.73 Å². The quantitative estimate of drug-likeness (QED) is 0.851. The Morgan fingerprint density at radius 2 is 2.00 bits per heavy atom. The Labute approximate surface area is 114 Å². The van der Waals surface area contributed by atoms with Crippen molar-refractivity contribution in [2.75, 3.05) is 12.8 Å². The molecule has 0 aliphatic rings. The predicted molar refractivity (Wildman–Crippen MR) is 76.9 cm³/mol. The Kier molecular flexibility index (Phi) is 5.03. The first-order chi connectivity index (χ1) is 8.32. The molecule has 1 aromatic carbocycles. The monoisotopic (exact) mass is 268 g/mol. The van der Waals surface area contributed by atoms with Gasteiger partial charge in [-0.25, -0.2) is 0 Å². The lowest BCUT2D eigenvalue weighted by Gasteiger charge is -2.26. The largest absolute Gasteiger partial charge is 0.398 e. The summed E-state index contributed by atoms with van der Waals surface area (Å²) in [7, 11) is 1.81. The molecule has 0 spiro atoms. The highest BCUT2D eigenvalue weighted by Gasteiger charge is 2.20. The summed E-state index contributed by atoms with van der Waals surface area (Å²) in [4.78, 5) is 14.0. The van der Waals surface area contributed by atoms with E-state index in [2.05, 4.69) is 13.8 Å². The number of amides is 1. The van der Waals surface area contributed by atoms with Gasteiger partial charge in [-0.1, -0.05) is 25.4 Å². The number of halogens is 1. The van der Waals surface area contributed by atoms with Gasteiger partial charge in [-0.15, -0.1) is 0 Å². The van der Waals surface area contributed by atoms with Crippen LogP contribution in [0.4, 0.5) is 5.69 Å². The van der Waals surface area contributed by atoms with Crippen LogP contribution in [0.5, 0.6) is 0 Å². The molecule has 0 radical (unpaired) electrons. The van der Waals surface area contributed by atoms with Crippen LogP contribution in [-0.4, -0.2) is 23.9 Å². The first-order valence-electron chi connectivity index (χ1n) is 6.15. The van der Waals surface area contributed by atoms with Crippen molar-refractivity contribution < 1.29 is 4.79 Å². The van der Waals surface area contributed by atoms with Crippen LogP contribution in [0.2, 0.25) is 5.02 Å². The van der Waals surface area contributed by atoms with E-state index in [4.69, 9.17) is 17.3 Å². The van der Waals surface area contributed by atoms with Crippen LogP contribution >= 0.6 is 11.6 Å². The minimum absolute atomic E-state index is 0.0580. The molecule has 0 heterocycles. The maximum absolute atomic E-state index is 12.3. The van der Waals surface area contributed by atoms with Gasteiger partial charge in [0.15, 0.2) is 0 Å². The fourth-order valence-corrected chi connectivity index (χ4v) is 2.14. The van der Waals surface area contributed by atoms with Crippen LogP contribution in [0.1, 0.15) is 37.6 Å². The standard InChI is InChI=1S/C14H21ClN2O/c1-9(2)7-10(3)17(4)14(18)12-6-5-11(15)8-13(12)16/h5-6,8-10H,7,16H2,1-4H3. The van der Waals surface area contributed by atoms with E-state index < -0.39 is 0 Å². The number of hydrogen-bond acceptors (Lipinski definition) is 2. The second-order valence-electron chi connectivity index (χ2n) is 5.13. The SMILES string of the molecule is CC(C)CC(C)N(C)C(=O)c1ccc(Cl)cc1N. The van der Waals surface area contributed by atoms with E-state index in [1.165, 1.54) is 0 Å². The van der Waals surface area contributed by atoms with E-state index in [1.54, 1.807) is 23.1 Å². The molecule has 0 bridgehead atoms. The number of carbonyl (C=O) groups is 1. The number of anilines is 1. The van der Waals surface area contributed by atoms with Gasteiger partial charge in [0.1, 0.15) is 0 Å². The van der Waals surface area contributed by atoms with Crippen molar-refractivity contribution in [2.24, 2.45) is 5.92 Å². The van der Waals surface area contributed by atoms with Gasteiger partial charge < -0.3 is 10.6 Å². The predicted octanol–water partition coefficient (Wildman–Crippen LogP) is 3.43. The Balaban J connectivity index is 2.86. The molecule has 1 rings (SSSR count). The Morgan fingerprint density at radius 1 is 1.39 bits per heavy atom. The van der Waals surface area contributed by atoms with Gasteiger partial charge >= 0.3 is 0 Å². The number of benzene rings is 1. The molecule has 1 atom stereocenters. The minimum atomic E-state index is -0.0580. The number of nitrogens with zero attached hydrogens (tertiary/aromatic N) is 1. The third-order valence-corrected chi connectivity index (χ3v) is 3.27. The van der Waals surface area contributed by atoms with Crippen molar-refractivity contribution in [1.29, 1.82) is 0 Å². The molecule has 4 heteroatoms. The average Bonchev–Trinajstić information content (AvgIpc) is 2.26. The molecule has 1 unspecified atom stereocenters. The molecule has 18 heavy (non-hydrogen) atoms. The third kappa shape index (κ3) is 3.64.